The number of hydrogen-bond donors (Lipinski definition) is 1. The van der Waals surface area contributed by atoms with E-state index in [1.54, 1.807) is 6.07 Å². The molecule has 0 radical (unpaired) electrons. The summed E-state index contributed by atoms with van der Waals surface area (Å²) in [5.74, 6) is 2.02. The van der Waals surface area contributed by atoms with Gasteiger partial charge in [0.15, 0.2) is 11.5 Å². The Labute approximate surface area is 161 Å². The first-order valence-electron chi connectivity index (χ1n) is 8.85. The van der Waals surface area contributed by atoms with E-state index in [9.17, 15) is 4.79 Å². The lowest BCUT2D eigenvalue weighted by Crippen LogP contribution is -2.30. The van der Waals surface area contributed by atoms with Crippen LogP contribution in [0.15, 0.2) is 47.0 Å². The topological polar surface area (TPSA) is 95.7 Å². The van der Waals surface area contributed by atoms with Gasteiger partial charge < -0.3 is 24.1 Å². The van der Waals surface area contributed by atoms with E-state index in [2.05, 4.69) is 15.5 Å². The number of hydrogen-bond acceptors (Lipinski definition) is 7. The maximum Gasteiger partial charge on any atom is 0.316 e. The Morgan fingerprint density at radius 3 is 2.71 bits per heavy atom. The van der Waals surface area contributed by atoms with Crippen molar-refractivity contribution < 1.29 is 23.5 Å². The number of benzene rings is 2. The molecule has 0 bridgehead atoms. The second kappa shape index (κ2) is 7.59. The maximum absolute atomic E-state index is 11.9. The zero-order valence-electron chi connectivity index (χ0n) is 15.5. The maximum atomic E-state index is 11.9. The number of nitrogens with one attached hydrogen (secondary N) is 1. The van der Waals surface area contributed by atoms with Crippen molar-refractivity contribution in [2.75, 3.05) is 6.79 Å². The predicted octanol–water partition coefficient (Wildman–Crippen LogP) is 3.18. The van der Waals surface area contributed by atoms with Gasteiger partial charge in [0.05, 0.1) is 0 Å². The normalized spacial score (nSPS) is 12.2. The van der Waals surface area contributed by atoms with Crippen molar-refractivity contribution in [3.8, 4) is 28.6 Å². The van der Waals surface area contributed by atoms with Crippen LogP contribution in [0.25, 0.3) is 11.4 Å². The molecule has 2 aromatic carbocycles. The van der Waals surface area contributed by atoms with E-state index >= 15 is 0 Å². The number of aromatic nitrogens is 2. The summed E-state index contributed by atoms with van der Waals surface area (Å²) >= 11 is 0. The van der Waals surface area contributed by atoms with E-state index in [4.69, 9.17) is 18.7 Å². The fourth-order valence-electron chi connectivity index (χ4n) is 2.64. The second-order valence-corrected chi connectivity index (χ2v) is 6.55. The first-order chi connectivity index (χ1) is 13.6. The molecular weight excluding hydrogens is 362 g/mol. The summed E-state index contributed by atoms with van der Waals surface area (Å²) in [6.07, 6.45) is 0. The van der Waals surface area contributed by atoms with Gasteiger partial charge in [-0.05, 0) is 31.5 Å². The van der Waals surface area contributed by atoms with Crippen LogP contribution < -0.4 is 19.5 Å². The third kappa shape index (κ3) is 3.90. The fraction of sp³-hybridized carbons (Fsp3) is 0.250. The minimum atomic E-state index is -0.387. The summed E-state index contributed by atoms with van der Waals surface area (Å²) in [6.45, 7) is 4.35. The average Bonchev–Trinajstić information content (AvgIpc) is 3.35. The van der Waals surface area contributed by atoms with Crippen LogP contribution in [0.1, 0.15) is 30.1 Å². The molecule has 0 saturated heterocycles. The molecule has 1 amide bonds. The SMILES string of the molecule is CC(C)NC(=O)c1nc(-c2ccc(COc3ccc4c(c3)OCO4)cc2)no1. The van der Waals surface area contributed by atoms with Crippen molar-refractivity contribution in [1.82, 2.24) is 15.5 Å². The van der Waals surface area contributed by atoms with E-state index in [1.165, 1.54) is 0 Å². The Morgan fingerprint density at radius 2 is 1.93 bits per heavy atom. The number of carbonyl (C=O) groups excluding carboxylic acids is 1. The highest BCUT2D eigenvalue weighted by Crippen LogP contribution is 2.35. The molecule has 8 nitrogen and oxygen atoms in total. The molecule has 0 aliphatic carbocycles. The Kier molecular flexibility index (Phi) is 4.84. The molecule has 1 N–H and O–H groups in total. The van der Waals surface area contributed by atoms with Crippen molar-refractivity contribution >= 4 is 5.91 Å². The monoisotopic (exact) mass is 381 g/mol. The van der Waals surface area contributed by atoms with Crippen molar-refractivity contribution in [2.24, 2.45) is 0 Å². The lowest BCUT2D eigenvalue weighted by atomic mass is 10.1. The Bertz CT molecular complexity index is 982. The highest BCUT2D eigenvalue weighted by molar-refractivity contribution is 5.90. The van der Waals surface area contributed by atoms with E-state index in [-0.39, 0.29) is 24.6 Å². The van der Waals surface area contributed by atoms with Crippen molar-refractivity contribution in [3.05, 3.63) is 53.9 Å². The molecule has 0 atom stereocenters. The predicted molar refractivity (Wildman–Crippen MR) is 99.2 cm³/mol. The lowest BCUT2D eigenvalue weighted by Gasteiger charge is -2.07. The van der Waals surface area contributed by atoms with Crippen LogP contribution in [0.5, 0.6) is 17.2 Å². The van der Waals surface area contributed by atoms with Crippen molar-refractivity contribution in [3.63, 3.8) is 0 Å². The number of amides is 1. The summed E-state index contributed by atoms with van der Waals surface area (Å²) < 4.78 is 21.5. The van der Waals surface area contributed by atoms with Gasteiger partial charge in [-0.25, -0.2) is 0 Å². The van der Waals surface area contributed by atoms with Gasteiger partial charge in [-0.1, -0.05) is 29.4 Å². The smallest absolute Gasteiger partial charge is 0.316 e. The summed E-state index contributed by atoms with van der Waals surface area (Å²) in [5.41, 5.74) is 1.72. The zero-order chi connectivity index (χ0) is 19.5. The molecule has 28 heavy (non-hydrogen) atoms. The first-order valence-corrected chi connectivity index (χ1v) is 8.85. The molecule has 8 heteroatoms. The van der Waals surface area contributed by atoms with Crippen LogP contribution in [0, 0.1) is 0 Å². The van der Waals surface area contributed by atoms with Crippen LogP contribution in [0.3, 0.4) is 0 Å². The minimum Gasteiger partial charge on any atom is -0.489 e. The second-order valence-electron chi connectivity index (χ2n) is 6.55. The summed E-state index contributed by atoms with van der Waals surface area (Å²) in [4.78, 5) is 16.0. The van der Waals surface area contributed by atoms with Crippen LogP contribution in [-0.2, 0) is 6.61 Å². The number of carbonyl (C=O) groups is 1. The van der Waals surface area contributed by atoms with Crippen LogP contribution >= 0.6 is 0 Å². The molecule has 3 aromatic rings. The summed E-state index contributed by atoms with van der Waals surface area (Å²) in [7, 11) is 0. The standard InChI is InChI=1S/C20H19N3O5/c1-12(2)21-19(24)20-22-18(23-28-20)14-5-3-13(4-6-14)10-25-15-7-8-16-17(9-15)27-11-26-16/h3-9,12H,10-11H2,1-2H3,(H,21,24). The molecule has 0 unspecified atom stereocenters. The number of ether oxygens (including phenoxy) is 3. The first kappa shape index (κ1) is 17.8. The average molecular weight is 381 g/mol. The van der Waals surface area contributed by atoms with Gasteiger partial charge in [0.2, 0.25) is 12.6 Å². The molecule has 4 rings (SSSR count). The van der Waals surface area contributed by atoms with Crippen molar-refractivity contribution in [2.45, 2.75) is 26.5 Å². The van der Waals surface area contributed by atoms with Gasteiger partial charge >= 0.3 is 11.8 Å². The quantitative estimate of drug-likeness (QED) is 0.700. The molecule has 0 fully saturated rings. The van der Waals surface area contributed by atoms with Gasteiger partial charge in [-0.3, -0.25) is 4.79 Å². The summed E-state index contributed by atoms with van der Waals surface area (Å²) in [5, 5.41) is 6.58. The van der Waals surface area contributed by atoms with E-state index in [0.29, 0.717) is 23.9 Å². The van der Waals surface area contributed by atoms with Gasteiger partial charge in [0.25, 0.3) is 0 Å². The highest BCUT2D eigenvalue weighted by Gasteiger charge is 2.17. The van der Waals surface area contributed by atoms with Gasteiger partial charge in [0, 0.05) is 17.7 Å². The van der Waals surface area contributed by atoms with Crippen LogP contribution in [-0.4, -0.2) is 28.9 Å². The van der Waals surface area contributed by atoms with Gasteiger partial charge in [0.1, 0.15) is 12.4 Å². The number of nitrogens with zero attached hydrogens (tertiary/aromatic N) is 2. The molecule has 0 saturated carbocycles. The highest BCUT2D eigenvalue weighted by atomic mass is 16.7. The van der Waals surface area contributed by atoms with E-state index < -0.39 is 0 Å². The Balaban J connectivity index is 1.39. The van der Waals surface area contributed by atoms with Crippen LogP contribution in [0.2, 0.25) is 0 Å². The number of rotatable bonds is 6. The number of fused-ring (bicyclic) bond motifs is 1. The molecule has 0 spiro atoms. The molecule has 144 valence electrons. The van der Waals surface area contributed by atoms with E-state index in [0.717, 1.165) is 16.9 Å². The third-order valence-electron chi connectivity index (χ3n) is 4.00. The largest absolute Gasteiger partial charge is 0.489 e. The van der Waals surface area contributed by atoms with Gasteiger partial charge in [-0.2, -0.15) is 4.98 Å². The fourth-order valence-corrected chi connectivity index (χ4v) is 2.64. The molecule has 1 aliphatic heterocycles. The molecule has 1 aliphatic rings. The lowest BCUT2D eigenvalue weighted by molar-refractivity contribution is 0.0899. The minimum absolute atomic E-state index is 0.00751. The Morgan fingerprint density at radius 1 is 1.14 bits per heavy atom. The Hall–Kier alpha value is -3.55. The third-order valence-corrected chi connectivity index (χ3v) is 4.00. The summed E-state index contributed by atoms with van der Waals surface area (Å²) in [6, 6.07) is 13.0. The van der Waals surface area contributed by atoms with Gasteiger partial charge in [-0.15, -0.1) is 0 Å². The van der Waals surface area contributed by atoms with Crippen molar-refractivity contribution in [1.29, 1.82) is 0 Å². The van der Waals surface area contributed by atoms with Crippen LogP contribution in [0.4, 0.5) is 0 Å². The molecule has 2 heterocycles. The zero-order valence-corrected chi connectivity index (χ0v) is 15.5. The van der Waals surface area contributed by atoms with E-state index in [1.807, 2.05) is 50.2 Å². The molecule has 1 aromatic heterocycles. The molecular formula is C20H19N3O5.